The molecule has 0 radical (unpaired) electrons. The molecule has 25 heavy (non-hydrogen) atoms. The third kappa shape index (κ3) is 5.07. The molecule has 0 aliphatic carbocycles. The second kappa shape index (κ2) is 8.36. The van der Waals surface area contributed by atoms with Crippen molar-refractivity contribution in [3.63, 3.8) is 0 Å². The second-order valence-corrected chi connectivity index (χ2v) is 7.87. The fourth-order valence-electron chi connectivity index (χ4n) is 3.49. The van der Waals surface area contributed by atoms with E-state index in [4.69, 9.17) is 9.47 Å². The quantitative estimate of drug-likeness (QED) is 0.768. The van der Waals surface area contributed by atoms with E-state index in [1.165, 1.54) is 0 Å². The highest BCUT2D eigenvalue weighted by Crippen LogP contribution is 2.23. The molecule has 7 heteroatoms. The van der Waals surface area contributed by atoms with Crippen LogP contribution < -0.4 is 0 Å². The van der Waals surface area contributed by atoms with Gasteiger partial charge in [0.1, 0.15) is 6.10 Å². The number of urea groups is 1. The van der Waals surface area contributed by atoms with E-state index in [0.29, 0.717) is 26.2 Å². The highest BCUT2D eigenvalue weighted by molar-refractivity contribution is 5.82. The lowest BCUT2D eigenvalue weighted by Gasteiger charge is -2.48. The van der Waals surface area contributed by atoms with Gasteiger partial charge in [-0.1, -0.05) is 0 Å². The molecule has 2 aliphatic rings. The van der Waals surface area contributed by atoms with Gasteiger partial charge in [-0.3, -0.25) is 4.79 Å². The molecule has 7 nitrogen and oxygen atoms in total. The van der Waals surface area contributed by atoms with Crippen LogP contribution in [0.1, 0.15) is 40.0 Å². The van der Waals surface area contributed by atoms with Crippen molar-refractivity contribution in [2.45, 2.75) is 57.8 Å². The van der Waals surface area contributed by atoms with Gasteiger partial charge in [0.15, 0.2) is 0 Å². The van der Waals surface area contributed by atoms with Crippen LogP contribution in [-0.4, -0.2) is 91.3 Å². The summed E-state index contributed by atoms with van der Waals surface area (Å²) in [4.78, 5) is 30.2. The molecule has 2 saturated heterocycles. The predicted molar refractivity (Wildman–Crippen MR) is 95.5 cm³/mol. The van der Waals surface area contributed by atoms with Crippen LogP contribution in [0.15, 0.2) is 0 Å². The van der Waals surface area contributed by atoms with Crippen molar-refractivity contribution in [2.24, 2.45) is 0 Å². The summed E-state index contributed by atoms with van der Waals surface area (Å²) >= 11 is 0. The van der Waals surface area contributed by atoms with Crippen molar-refractivity contribution in [1.82, 2.24) is 14.7 Å². The minimum Gasteiger partial charge on any atom is -0.376 e. The van der Waals surface area contributed by atoms with E-state index in [0.717, 1.165) is 25.9 Å². The minimum absolute atomic E-state index is 0.0149. The maximum absolute atomic E-state index is 12.8. The number of hydrogen-bond acceptors (Lipinski definition) is 4. The first kappa shape index (κ1) is 20.0. The molecule has 0 N–H and O–H groups in total. The van der Waals surface area contributed by atoms with Gasteiger partial charge in [-0.25, -0.2) is 4.79 Å². The van der Waals surface area contributed by atoms with Crippen molar-refractivity contribution in [3.05, 3.63) is 0 Å². The summed E-state index contributed by atoms with van der Waals surface area (Å²) in [5, 5.41) is 0. The Morgan fingerprint density at radius 2 is 2.00 bits per heavy atom. The zero-order valence-electron chi connectivity index (χ0n) is 16.3. The Hall–Kier alpha value is -1.34. The Morgan fingerprint density at radius 3 is 2.56 bits per heavy atom. The van der Waals surface area contributed by atoms with Crippen molar-refractivity contribution in [1.29, 1.82) is 0 Å². The van der Waals surface area contributed by atoms with Gasteiger partial charge in [-0.05, 0) is 40.0 Å². The SMILES string of the molecule is CC(OCC1CCCCO1)C(=O)N1CCN(C(=O)N(C)C)CC1(C)C. The number of hydrogen-bond donors (Lipinski definition) is 0. The number of carbonyl (C=O) groups excluding carboxylic acids is 2. The van der Waals surface area contributed by atoms with E-state index in [1.807, 2.05) is 18.7 Å². The number of carbonyl (C=O) groups is 2. The molecule has 0 saturated carbocycles. The Bertz CT molecular complexity index is 475. The first-order chi connectivity index (χ1) is 11.7. The van der Waals surface area contributed by atoms with E-state index < -0.39 is 11.6 Å². The monoisotopic (exact) mass is 355 g/mol. The zero-order chi connectivity index (χ0) is 18.6. The highest BCUT2D eigenvalue weighted by Gasteiger charge is 2.40. The van der Waals surface area contributed by atoms with Gasteiger partial charge in [-0.15, -0.1) is 0 Å². The van der Waals surface area contributed by atoms with Crippen molar-refractivity contribution in [3.8, 4) is 0 Å². The molecule has 3 amide bonds. The van der Waals surface area contributed by atoms with Crippen LogP contribution >= 0.6 is 0 Å². The van der Waals surface area contributed by atoms with Crippen LogP contribution in [0.25, 0.3) is 0 Å². The molecular formula is C18H33N3O4. The molecule has 2 fully saturated rings. The maximum Gasteiger partial charge on any atom is 0.319 e. The lowest BCUT2D eigenvalue weighted by Crippen LogP contribution is -2.64. The average Bonchev–Trinajstić information content (AvgIpc) is 2.58. The van der Waals surface area contributed by atoms with E-state index >= 15 is 0 Å². The normalized spacial score (nSPS) is 24.8. The average molecular weight is 355 g/mol. The molecule has 2 heterocycles. The summed E-state index contributed by atoms with van der Waals surface area (Å²) in [6.07, 6.45) is 2.87. The van der Waals surface area contributed by atoms with Crippen molar-refractivity contribution >= 4 is 11.9 Å². The van der Waals surface area contributed by atoms with E-state index in [-0.39, 0.29) is 18.0 Å². The molecule has 0 bridgehead atoms. The lowest BCUT2D eigenvalue weighted by atomic mass is 9.98. The fraction of sp³-hybridized carbons (Fsp3) is 0.889. The van der Waals surface area contributed by atoms with Crippen LogP contribution in [0, 0.1) is 0 Å². The lowest BCUT2D eigenvalue weighted by molar-refractivity contribution is -0.154. The van der Waals surface area contributed by atoms with Gasteiger partial charge in [0, 0.05) is 40.3 Å². The zero-order valence-corrected chi connectivity index (χ0v) is 16.3. The smallest absolute Gasteiger partial charge is 0.319 e. The van der Waals surface area contributed by atoms with Crippen LogP contribution in [0.3, 0.4) is 0 Å². The second-order valence-electron chi connectivity index (χ2n) is 7.87. The first-order valence-electron chi connectivity index (χ1n) is 9.23. The summed E-state index contributed by atoms with van der Waals surface area (Å²) in [5.41, 5.74) is -0.417. The predicted octanol–water partition coefficient (Wildman–Crippen LogP) is 1.57. The Kier molecular flexibility index (Phi) is 6.68. The standard InChI is InChI=1S/C18H33N3O4/c1-14(25-12-15-8-6-7-11-24-15)16(22)21-10-9-20(13-18(21,2)3)17(23)19(4)5/h14-15H,6-13H2,1-5H3. The van der Waals surface area contributed by atoms with Gasteiger partial charge in [0.25, 0.3) is 5.91 Å². The topological polar surface area (TPSA) is 62.3 Å². The maximum atomic E-state index is 12.8. The van der Waals surface area contributed by atoms with Crippen molar-refractivity contribution in [2.75, 3.05) is 46.9 Å². The number of piperazine rings is 1. The summed E-state index contributed by atoms with van der Waals surface area (Å²) in [6, 6.07) is -0.0149. The highest BCUT2D eigenvalue weighted by atomic mass is 16.5. The van der Waals surface area contributed by atoms with Crippen LogP contribution in [0.2, 0.25) is 0 Å². The molecule has 0 aromatic rings. The number of amides is 3. The van der Waals surface area contributed by atoms with Gasteiger partial charge < -0.3 is 24.2 Å². The minimum atomic E-state index is -0.499. The fourth-order valence-corrected chi connectivity index (χ4v) is 3.49. The Labute approximate surface area is 151 Å². The van der Waals surface area contributed by atoms with Crippen LogP contribution in [0.4, 0.5) is 4.79 Å². The van der Waals surface area contributed by atoms with Gasteiger partial charge >= 0.3 is 6.03 Å². The molecule has 0 aromatic carbocycles. The van der Waals surface area contributed by atoms with E-state index in [9.17, 15) is 9.59 Å². The van der Waals surface area contributed by atoms with Gasteiger partial charge in [0.05, 0.1) is 18.2 Å². The van der Waals surface area contributed by atoms with Crippen LogP contribution in [0.5, 0.6) is 0 Å². The summed E-state index contributed by atoms with van der Waals surface area (Å²) in [5.74, 6) is -0.0160. The molecule has 2 aliphatic heterocycles. The largest absolute Gasteiger partial charge is 0.376 e. The summed E-state index contributed by atoms with van der Waals surface area (Å²) in [6.45, 7) is 8.64. The third-order valence-electron chi connectivity index (χ3n) is 4.98. The van der Waals surface area contributed by atoms with Gasteiger partial charge in [0.2, 0.25) is 0 Å². The van der Waals surface area contributed by atoms with E-state index in [1.54, 1.807) is 30.8 Å². The molecule has 144 valence electrons. The number of ether oxygens (including phenoxy) is 2. The Balaban J connectivity index is 1.88. The number of nitrogens with zero attached hydrogens (tertiary/aromatic N) is 3. The number of rotatable bonds is 4. The van der Waals surface area contributed by atoms with E-state index in [2.05, 4.69) is 0 Å². The van der Waals surface area contributed by atoms with Crippen molar-refractivity contribution < 1.29 is 19.1 Å². The van der Waals surface area contributed by atoms with Crippen LogP contribution in [-0.2, 0) is 14.3 Å². The molecule has 2 rings (SSSR count). The molecule has 0 aromatic heterocycles. The first-order valence-corrected chi connectivity index (χ1v) is 9.23. The van der Waals surface area contributed by atoms with Gasteiger partial charge in [-0.2, -0.15) is 0 Å². The molecular weight excluding hydrogens is 322 g/mol. The molecule has 2 atom stereocenters. The summed E-state index contributed by atoms with van der Waals surface area (Å²) in [7, 11) is 3.49. The molecule has 2 unspecified atom stereocenters. The summed E-state index contributed by atoms with van der Waals surface area (Å²) < 4.78 is 11.5. The molecule has 0 spiro atoms. The third-order valence-corrected chi connectivity index (χ3v) is 4.98. The Morgan fingerprint density at radius 1 is 1.28 bits per heavy atom.